The van der Waals surface area contributed by atoms with Crippen LogP contribution in [0.5, 0.6) is 0 Å². The second-order valence-electron chi connectivity index (χ2n) is 8.29. The molecule has 0 bridgehead atoms. The average molecular weight is 330 g/mol. The van der Waals surface area contributed by atoms with E-state index < -0.39 is 28.7 Å². The number of nitrogens with zero attached hydrogens (tertiary/aromatic N) is 1. The van der Waals surface area contributed by atoms with Crippen LogP contribution in [0.4, 0.5) is 9.59 Å². The molecule has 1 saturated heterocycles. The summed E-state index contributed by atoms with van der Waals surface area (Å²) < 4.78 is 5.19. The van der Waals surface area contributed by atoms with Gasteiger partial charge >= 0.3 is 12.2 Å². The van der Waals surface area contributed by atoms with Crippen molar-refractivity contribution < 1.29 is 24.5 Å². The van der Waals surface area contributed by atoms with Crippen molar-refractivity contribution >= 4 is 12.2 Å². The summed E-state index contributed by atoms with van der Waals surface area (Å²) in [5.41, 5.74) is -1.84. The van der Waals surface area contributed by atoms with E-state index in [-0.39, 0.29) is 19.1 Å². The summed E-state index contributed by atoms with van der Waals surface area (Å²) in [5.74, 6) is -0.0648. The molecule has 2 atom stereocenters. The molecule has 1 heterocycles. The van der Waals surface area contributed by atoms with E-state index in [2.05, 4.69) is 5.32 Å². The van der Waals surface area contributed by atoms with Crippen LogP contribution in [0.3, 0.4) is 0 Å². The Morgan fingerprint density at radius 2 is 1.83 bits per heavy atom. The lowest BCUT2D eigenvalue weighted by Crippen LogP contribution is -2.57. The third kappa shape index (κ3) is 4.50. The van der Waals surface area contributed by atoms with Crippen LogP contribution in [0.15, 0.2) is 0 Å². The number of carboxylic acid groups (broad SMARTS) is 1. The van der Waals surface area contributed by atoms with E-state index in [0.717, 1.165) is 0 Å². The summed E-state index contributed by atoms with van der Waals surface area (Å²) in [5, 5.41) is 22.1. The number of ether oxygens (including phenoxy) is 1. The topological polar surface area (TPSA) is 99.1 Å². The molecule has 0 saturated carbocycles. The number of nitrogens with one attached hydrogen (secondary N) is 1. The first kappa shape index (κ1) is 19.5. The highest BCUT2D eigenvalue weighted by molar-refractivity contribution is 5.68. The fraction of sp³-hybridized carbons (Fsp3) is 0.875. The minimum atomic E-state index is -1.05. The van der Waals surface area contributed by atoms with Crippen LogP contribution in [0.25, 0.3) is 0 Å². The number of aliphatic hydroxyl groups is 1. The maximum Gasteiger partial charge on any atom is 0.407 e. The van der Waals surface area contributed by atoms with Crippen molar-refractivity contribution in [3.63, 3.8) is 0 Å². The van der Waals surface area contributed by atoms with Gasteiger partial charge in [0.1, 0.15) is 5.60 Å². The molecule has 0 aliphatic carbocycles. The molecule has 0 radical (unpaired) electrons. The molecule has 7 nitrogen and oxygen atoms in total. The van der Waals surface area contributed by atoms with Crippen molar-refractivity contribution in [2.24, 2.45) is 11.3 Å². The zero-order chi connectivity index (χ0) is 18.1. The summed E-state index contributed by atoms with van der Waals surface area (Å²) in [4.78, 5) is 24.7. The minimum Gasteiger partial charge on any atom is -0.465 e. The van der Waals surface area contributed by atoms with Crippen molar-refractivity contribution in [1.82, 2.24) is 10.2 Å². The summed E-state index contributed by atoms with van der Waals surface area (Å²) in [7, 11) is 0. The van der Waals surface area contributed by atoms with E-state index in [0.29, 0.717) is 13.0 Å². The van der Waals surface area contributed by atoms with Gasteiger partial charge in [-0.15, -0.1) is 0 Å². The van der Waals surface area contributed by atoms with Gasteiger partial charge < -0.3 is 20.3 Å². The monoisotopic (exact) mass is 330 g/mol. The third-order valence-electron chi connectivity index (χ3n) is 4.41. The first-order chi connectivity index (χ1) is 10.3. The first-order valence-corrected chi connectivity index (χ1v) is 7.91. The van der Waals surface area contributed by atoms with Gasteiger partial charge in [-0.2, -0.15) is 0 Å². The Hall–Kier alpha value is -1.50. The summed E-state index contributed by atoms with van der Waals surface area (Å²) in [6, 6.07) is 0. The van der Waals surface area contributed by atoms with Crippen LogP contribution in [0.1, 0.15) is 48.0 Å². The highest BCUT2D eigenvalue weighted by Gasteiger charge is 2.54. The van der Waals surface area contributed by atoms with Crippen LogP contribution < -0.4 is 5.32 Å². The number of carbonyl (C=O) groups is 2. The summed E-state index contributed by atoms with van der Waals surface area (Å²) >= 11 is 0. The molecular formula is C16H30N2O5. The van der Waals surface area contributed by atoms with E-state index in [9.17, 15) is 19.8 Å². The molecular weight excluding hydrogens is 300 g/mol. The maximum absolute atomic E-state index is 11.7. The van der Waals surface area contributed by atoms with E-state index in [1.165, 1.54) is 4.90 Å². The fourth-order valence-corrected chi connectivity index (χ4v) is 3.12. The van der Waals surface area contributed by atoms with Gasteiger partial charge in [0.05, 0.1) is 12.1 Å². The normalized spacial score (nSPS) is 25.3. The van der Waals surface area contributed by atoms with Crippen molar-refractivity contribution in [3.05, 3.63) is 0 Å². The predicted molar refractivity (Wildman–Crippen MR) is 86.3 cm³/mol. The van der Waals surface area contributed by atoms with Gasteiger partial charge in [0.25, 0.3) is 0 Å². The minimum absolute atomic E-state index is 0.0648. The number of rotatable bonds is 3. The molecule has 0 aromatic heterocycles. The molecule has 0 aromatic carbocycles. The van der Waals surface area contributed by atoms with E-state index in [1.54, 1.807) is 20.8 Å². The average Bonchev–Trinajstić information content (AvgIpc) is 2.74. The zero-order valence-electron chi connectivity index (χ0n) is 15.0. The van der Waals surface area contributed by atoms with Crippen LogP contribution in [-0.2, 0) is 4.74 Å². The van der Waals surface area contributed by atoms with Crippen LogP contribution in [0.2, 0.25) is 0 Å². The second kappa shape index (κ2) is 6.55. The molecule has 1 aliphatic rings. The standard InChI is InChI=1S/C16H30N2O5/c1-14(2,3)16(10-19)7-11(9-18(16)13(21)22)8-17-12(20)23-15(4,5)6/h11,19H,7-10H2,1-6H3,(H,17,20)(H,21,22)/t11-,16+/m0/s1. The molecule has 1 aliphatic heterocycles. The second-order valence-corrected chi connectivity index (χ2v) is 8.29. The smallest absolute Gasteiger partial charge is 0.407 e. The molecule has 1 rings (SSSR count). The molecule has 0 aromatic rings. The molecule has 0 spiro atoms. The lowest BCUT2D eigenvalue weighted by atomic mass is 9.71. The highest BCUT2D eigenvalue weighted by atomic mass is 16.6. The molecule has 0 unspecified atom stereocenters. The Morgan fingerprint density at radius 3 is 2.17 bits per heavy atom. The zero-order valence-corrected chi connectivity index (χ0v) is 15.0. The van der Waals surface area contributed by atoms with Gasteiger partial charge in [0.2, 0.25) is 0 Å². The van der Waals surface area contributed by atoms with Crippen molar-refractivity contribution in [2.75, 3.05) is 19.7 Å². The van der Waals surface area contributed by atoms with Gasteiger partial charge in [-0.1, -0.05) is 20.8 Å². The van der Waals surface area contributed by atoms with Crippen molar-refractivity contribution in [2.45, 2.75) is 59.1 Å². The lowest BCUT2D eigenvalue weighted by Gasteiger charge is -2.45. The molecule has 23 heavy (non-hydrogen) atoms. The Balaban J connectivity index is 2.78. The van der Waals surface area contributed by atoms with E-state index >= 15 is 0 Å². The summed E-state index contributed by atoms with van der Waals surface area (Å²) in [6.45, 7) is 11.5. The SMILES string of the molecule is CC(C)(C)OC(=O)NC[C@H]1CN(C(=O)O)[C@](CO)(C(C)(C)C)C1. The molecule has 1 fully saturated rings. The third-order valence-corrected chi connectivity index (χ3v) is 4.41. The van der Waals surface area contributed by atoms with Crippen LogP contribution in [0, 0.1) is 11.3 Å². The van der Waals surface area contributed by atoms with Crippen molar-refractivity contribution in [3.8, 4) is 0 Å². The summed E-state index contributed by atoms with van der Waals surface area (Å²) in [6.07, 6.45) is -1.07. The maximum atomic E-state index is 11.7. The predicted octanol–water partition coefficient (Wildman–Crippen LogP) is 2.29. The van der Waals surface area contributed by atoms with Crippen LogP contribution in [-0.4, -0.2) is 58.1 Å². The molecule has 2 amide bonds. The Morgan fingerprint density at radius 1 is 1.26 bits per heavy atom. The number of alkyl carbamates (subject to hydrolysis) is 1. The Labute approximate surface area is 138 Å². The van der Waals surface area contributed by atoms with Gasteiger partial charge in [0.15, 0.2) is 0 Å². The molecule has 134 valence electrons. The first-order valence-electron chi connectivity index (χ1n) is 7.91. The number of aliphatic hydroxyl groups excluding tert-OH is 1. The van der Waals surface area contributed by atoms with Gasteiger partial charge in [-0.3, -0.25) is 4.90 Å². The van der Waals surface area contributed by atoms with Gasteiger partial charge in [-0.05, 0) is 38.5 Å². The number of hydrogen-bond donors (Lipinski definition) is 3. The van der Waals surface area contributed by atoms with E-state index in [1.807, 2.05) is 20.8 Å². The largest absolute Gasteiger partial charge is 0.465 e. The quantitative estimate of drug-likeness (QED) is 0.737. The van der Waals surface area contributed by atoms with Crippen molar-refractivity contribution in [1.29, 1.82) is 0 Å². The number of carbonyl (C=O) groups excluding carboxylic acids is 1. The van der Waals surface area contributed by atoms with Gasteiger partial charge in [0, 0.05) is 13.1 Å². The highest BCUT2D eigenvalue weighted by Crippen LogP contribution is 2.45. The Kier molecular flexibility index (Phi) is 5.57. The van der Waals surface area contributed by atoms with Gasteiger partial charge in [-0.25, -0.2) is 9.59 Å². The fourth-order valence-electron chi connectivity index (χ4n) is 3.12. The molecule has 3 N–H and O–H groups in total. The number of likely N-dealkylation sites (tertiary alicyclic amines) is 1. The van der Waals surface area contributed by atoms with E-state index in [4.69, 9.17) is 4.74 Å². The molecule has 7 heteroatoms. The van der Waals surface area contributed by atoms with Crippen LogP contribution >= 0.6 is 0 Å². The number of amides is 2. The Bertz CT molecular complexity index is 452. The number of hydrogen-bond acceptors (Lipinski definition) is 4. The lowest BCUT2D eigenvalue weighted by molar-refractivity contribution is -0.0116.